The van der Waals surface area contributed by atoms with Gasteiger partial charge in [-0.15, -0.1) is 11.6 Å². The first-order valence-electron chi connectivity index (χ1n) is 4.18. The van der Waals surface area contributed by atoms with Gasteiger partial charge in [0.05, 0.1) is 7.11 Å². The van der Waals surface area contributed by atoms with Crippen molar-refractivity contribution in [3.63, 3.8) is 0 Å². The van der Waals surface area contributed by atoms with Crippen molar-refractivity contribution in [3.8, 4) is 0 Å². The second-order valence-corrected chi connectivity index (χ2v) is 3.73. The van der Waals surface area contributed by atoms with Gasteiger partial charge in [-0.1, -0.05) is 17.7 Å². The SMILES string of the molecule is COC(=O)C(=O)C(Cl)c1ccc(F)cc1Cl. The third-order valence-electron chi connectivity index (χ3n) is 1.85. The van der Waals surface area contributed by atoms with E-state index >= 15 is 0 Å². The van der Waals surface area contributed by atoms with Crippen molar-refractivity contribution in [2.75, 3.05) is 7.11 Å². The Morgan fingerprint density at radius 3 is 2.56 bits per heavy atom. The van der Waals surface area contributed by atoms with Crippen molar-refractivity contribution in [1.29, 1.82) is 0 Å². The lowest BCUT2D eigenvalue weighted by molar-refractivity contribution is -0.151. The molecule has 0 spiro atoms. The molecule has 0 bridgehead atoms. The molecule has 0 radical (unpaired) electrons. The minimum atomic E-state index is -1.28. The number of alkyl halides is 1. The average molecular weight is 265 g/mol. The fraction of sp³-hybridized carbons (Fsp3) is 0.200. The van der Waals surface area contributed by atoms with E-state index in [2.05, 4.69) is 4.74 Å². The van der Waals surface area contributed by atoms with Crippen molar-refractivity contribution in [2.24, 2.45) is 0 Å². The maximum atomic E-state index is 12.7. The third kappa shape index (κ3) is 2.71. The largest absolute Gasteiger partial charge is 0.463 e. The van der Waals surface area contributed by atoms with E-state index in [4.69, 9.17) is 23.2 Å². The topological polar surface area (TPSA) is 43.4 Å². The second-order valence-electron chi connectivity index (χ2n) is 2.88. The van der Waals surface area contributed by atoms with Gasteiger partial charge in [-0.05, 0) is 17.7 Å². The summed E-state index contributed by atoms with van der Waals surface area (Å²) in [5, 5.41) is -1.29. The number of carbonyl (C=O) groups excluding carboxylic acids is 2. The fourth-order valence-corrected chi connectivity index (χ4v) is 1.66. The van der Waals surface area contributed by atoms with Crippen LogP contribution in [0, 0.1) is 5.82 Å². The van der Waals surface area contributed by atoms with Gasteiger partial charge in [0.1, 0.15) is 11.2 Å². The summed E-state index contributed by atoms with van der Waals surface area (Å²) >= 11 is 11.4. The van der Waals surface area contributed by atoms with Crippen LogP contribution in [0.2, 0.25) is 5.02 Å². The molecule has 1 rings (SSSR count). The number of halogens is 3. The number of esters is 1. The Balaban J connectivity index is 3.01. The zero-order chi connectivity index (χ0) is 12.3. The predicted octanol–water partition coefficient (Wildman–Crippen LogP) is 2.50. The van der Waals surface area contributed by atoms with Crippen molar-refractivity contribution < 1.29 is 18.7 Å². The molecular formula is C10H7Cl2FO3. The van der Waals surface area contributed by atoms with Gasteiger partial charge in [0, 0.05) is 5.02 Å². The van der Waals surface area contributed by atoms with E-state index < -0.39 is 22.9 Å². The van der Waals surface area contributed by atoms with Crippen LogP contribution in [0.1, 0.15) is 10.9 Å². The van der Waals surface area contributed by atoms with Crippen molar-refractivity contribution in [2.45, 2.75) is 5.38 Å². The lowest BCUT2D eigenvalue weighted by atomic mass is 10.1. The predicted molar refractivity (Wildman–Crippen MR) is 57.0 cm³/mol. The summed E-state index contributed by atoms with van der Waals surface area (Å²) in [7, 11) is 1.07. The molecule has 0 saturated carbocycles. The van der Waals surface area contributed by atoms with E-state index in [0.29, 0.717) is 0 Å². The normalized spacial score (nSPS) is 12.0. The zero-order valence-electron chi connectivity index (χ0n) is 8.17. The molecule has 0 amide bonds. The van der Waals surface area contributed by atoms with Gasteiger partial charge in [-0.25, -0.2) is 9.18 Å². The highest BCUT2D eigenvalue weighted by Gasteiger charge is 2.27. The average Bonchev–Trinajstić information content (AvgIpc) is 2.26. The molecule has 16 heavy (non-hydrogen) atoms. The Hall–Kier alpha value is -1.13. The second kappa shape index (κ2) is 5.27. The summed E-state index contributed by atoms with van der Waals surface area (Å²) in [4.78, 5) is 22.3. The monoisotopic (exact) mass is 264 g/mol. The molecule has 0 aromatic heterocycles. The summed E-state index contributed by atoms with van der Waals surface area (Å²) in [6, 6.07) is 3.36. The van der Waals surface area contributed by atoms with Crippen LogP contribution in [0.15, 0.2) is 18.2 Å². The Morgan fingerprint density at radius 2 is 2.06 bits per heavy atom. The molecule has 3 nitrogen and oxygen atoms in total. The van der Waals surface area contributed by atoms with Gasteiger partial charge >= 0.3 is 5.97 Å². The number of carbonyl (C=O) groups is 2. The molecule has 1 aromatic carbocycles. The van der Waals surface area contributed by atoms with Crippen LogP contribution in [-0.2, 0) is 14.3 Å². The number of methoxy groups -OCH3 is 1. The minimum Gasteiger partial charge on any atom is -0.463 e. The summed E-state index contributed by atoms with van der Waals surface area (Å²) in [6.45, 7) is 0. The Kier molecular flexibility index (Phi) is 4.26. The van der Waals surface area contributed by atoms with Crippen LogP contribution in [-0.4, -0.2) is 18.9 Å². The smallest absolute Gasteiger partial charge is 0.376 e. The van der Waals surface area contributed by atoms with E-state index in [-0.39, 0.29) is 10.6 Å². The van der Waals surface area contributed by atoms with E-state index in [0.717, 1.165) is 19.2 Å². The maximum absolute atomic E-state index is 12.7. The van der Waals surface area contributed by atoms with Crippen molar-refractivity contribution in [1.82, 2.24) is 0 Å². The fourth-order valence-electron chi connectivity index (χ4n) is 1.05. The summed E-state index contributed by atoms with van der Waals surface area (Å²) in [6.07, 6.45) is 0. The highest BCUT2D eigenvalue weighted by Crippen LogP contribution is 2.29. The lowest BCUT2D eigenvalue weighted by Gasteiger charge is -2.09. The number of benzene rings is 1. The lowest BCUT2D eigenvalue weighted by Crippen LogP contribution is -2.20. The minimum absolute atomic E-state index is 0.0164. The van der Waals surface area contributed by atoms with Gasteiger partial charge in [0.25, 0.3) is 5.78 Å². The molecule has 0 aliphatic carbocycles. The van der Waals surface area contributed by atoms with E-state index in [1.165, 1.54) is 6.07 Å². The molecule has 0 aliphatic rings. The van der Waals surface area contributed by atoms with Crippen molar-refractivity contribution in [3.05, 3.63) is 34.6 Å². The maximum Gasteiger partial charge on any atom is 0.376 e. The molecule has 1 aromatic rings. The summed E-state index contributed by atoms with van der Waals surface area (Å²) in [5.41, 5.74) is 0.167. The zero-order valence-corrected chi connectivity index (χ0v) is 9.68. The molecule has 0 saturated heterocycles. The van der Waals surface area contributed by atoms with Crippen LogP contribution in [0.25, 0.3) is 0 Å². The number of hydrogen-bond donors (Lipinski definition) is 0. The third-order valence-corrected chi connectivity index (χ3v) is 2.61. The van der Waals surface area contributed by atoms with Crippen LogP contribution in [0.5, 0.6) is 0 Å². The highest BCUT2D eigenvalue weighted by molar-refractivity contribution is 6.48. The summed E-state index contributed by atoms with van der Waals surface area (Å²) in [5.74, 6) is -2.57. The first-order chi connectivity index (χ1) is 7.47. The molecule has 1 unspecified atom stereocenters. The molecule has 0 fully saturated rings. The molecule has 6 heteroatoms. The summed E-state index contributed by atoms with van der Waals surface area (Å²) < 4.78 is 17.0. The molecule has 86 valence electrons. The number of ether oxygens (including phenoxy) is 1. The van der Waals surface area contributed by atoms with Gasteiger partial charge in [0.15, 0.2) is 0 Å². The van der Waals surface area contributed by atoms with E-state index in [1.807, 2.05) is 0 Å². The van der Waals surface area contributed by atoms with E-state index in [1.54, 1.807) is 0 Å². The molecule has 0 N–H and O–H groups in total. The van der Waals surface area contributed by atoms with E-state index in [9.17, 15) is 14.0 Å². The van der Waals surface area contributed by atoms with Crippen LogP contribution in [0.4, 0.5) is 4.39 Å². The first-order valence-corrected chi connectivity index (χ1v) is 5.00. The van der Waals surface area contributed by atoms with Crippen LogP contribution in [0.3, 0.4) is 0 Å². The van der Waals surface area contributed by atoms with Gasteiger partial charge < -0.3 is 4.74 Å². The number of ketones is 1. The first kappa shape index (κ1) is 12.9. The van der Waals surface area contributed by atoms with Crippen LogP contribution >= 0.6 is 23.2 Å². The molecule has 1 atom stereocenters. The molecular weight excluding hydrogens is 258 g/mol. The number of Topliss-reactive ketones (excluding diaryl/α,β-unsaturated/α-hetero) is 1. The standard InChI is InChI=1S/C10H7Cl2FO3/c1-16-10(15)9(14)8(12)6-3-2-5(13)4-7(6)11/h2-4,8H,1H3. The Bertz CT molecular complexity index is 434. The van der Waals surface area contributed by atoms with Crippen LogP contribution < -0.4 is 0 Å². The van der Waals surface area contributed by atoms with Gasteiger partial charge in [0.2, 0.25) is 0 Å². The molecule has 0 heterocycles. The number of hydrogen-bond acceptors (Lipinski definition) is 3. The quantitative estimate of drug-likeness (QED) is 0.479. The van der Waals surface area contributed by atoms with Gasteiger partial charge in [-0.2, -0.15) is 0 Å². The number of rotatable bonds is 3. The Labute approximate surface area is 101 Å². The Morgan fingerprint density at radius 1 is 1.44 bits per heavy atom. The van der Waals surface area contributed by atoms with Crippen molar-refractivity contribution >= 4 is 35.0 Å². The highest BCUT2D eigenvalue weighted by atomic mass is 35.5. The molecule has 0 aliphatic heterocycles. The van der Waals surface area contributed by atoms with Gasteiger partial charge in [-0.3, -0.25) is 4.79 Å².